The highest BCUT2D eigenvalue weighted by Crippen LogP contribution is 2.35. The summed E-state index contributed by atoms with van der Waals surface area (Å²) in [6.07, 6.45) is 6.56. The molecule has 0 saturated carbocycles. The molecule has 0 aliphatic rings. The number of unbranched alkanes of at least 4 members (excludes halogenated alkanes) is 3. The lowest BCUT2D eigenvalue weighted by molar-refractivity contribution is 0.257. The number of hydrogen-bond donors (Lipinski definition) is 0. The third-order valence-electron chi connectivity index (χ3n) is 3.51. The second kappa shape index (κ2) is 11.2. The molecular weight excluding hydrogens is 276 g/mol. The van der Waals surface area contributed by atoms with Crippen LogP contribution >= 0.6 is 0 Å². The Hall–Kier alpha value is -1.38. The average molecular weight is 308 g/mol. The van der Waals surface area contributed by atoms with Gasteiger partial charge >= 0.3 is 0 Å². The Morgan fingerprint density at radius 3 is 1.50 bits per heavy atom. The zero-order chi connectivity index (χ0) is 16.2. The topological polar surface area (TPSA) is 27.7 Å². The molecule has 0 fully saturated rings. The van der Waals surface area contributed by atoms with E-state index in [1.165, 1.54) is 0 Å². The van der Waals surface area contributed by atoms with Gasteiger partial charge in [-0.2, -0.15) is 0 Å². The molecule has 0 radical (unpaired) electrons. The molecular formula is C19H32O3. The van der Waals surface area contributed by atoms with Crippen molar-refractivity contribution < 1.29 is 14.2 Å². The van der Waals surface area contributed by atoms with Gasteiger partial charge < -0.3 is 14.2 Å². The highest BCUT2D eigenvalue weighted by atomic mass is 16.5. The Bertz CT molecular complexity index is 415. The molecule has 22 heavy (non-hydrogen) atoms. The largest absolute Gasteiger partial charge is 0.493 e. The third kappa shape index (κ3) is 6.59. The van der Waals surface area contributed by atoms with E-state index in [4.69, 9.17) is 14.2 Å². The van der Waals surface area contributed by atoms with Crippen LogP contribution in [0.5, 0.6) is 17.2 Å². The van der Waals surface area contributed by atoms with Crippen LogP contribution < -0.4 is 14.2 Å². The van der Waals surface area contributed by atoms with E-state index in [2.05, 4.69) is 27.7 Å². The van der Waals surface area contributed by atoms with Crippen LogP contribution in [0.2, 0.25) is 0 Å². The first kappa shape index (κ1) is 18.7. The van der Waals surface area contributed by atoms with Gasteiger partial charge in [-0.25, -0.2) is 0 Å². The van der Waals surface area contributed by atoms with Crippen molar-refractivity contribution in [1.29, 1.82) is 0 Å². The number of aryl methyl sites for hydroxylation is 1. The molecule has 0 saturated heterocycles. The maximum atomic E-state index is 5.91. The molecule has 0 bridgehead atoms. The molecule has 0 atom stereocenters. The smallest absolute Gasteiger partial charge is 0.164 e. The maximum Gasteiger partial charge on any atom is 0.164 e. The highest BCUT2D eigenvalue weighted by Gasteiger charge is 2.11. The van der Waals surface area contributed by atoms with E-state index in [-0.39, 0.29) is 0 Å². The van der Waals surface area contributed by atoms with E-state index in [9.17, 15) is 0 Å². The Morgan fingerprint density at radius 1 is 0.636 bits per heavy atom. The number of rotatable bonds is 12. The summed E-state index contributed by atoms with van der Waals surface area (Å²) in [5.41, 5.74) is 1.10. The standard InChI is InChI=1S/C19H32O3/c1-5-8-11-20-17-15-19(22-13-10-7-3)18(14-16(17)4)21-12-9-6-2/h14-15H,5-13H2,1-4H3. The second-order valence-corrected chi connectivity index (χ2v) is 5.67. The van der Waals surface area contributed by atoms with Gasteiger partial charge in [0.15, 0.2) is 11.5 Å². The van der Waals surface area contributed by atoms with Crippen molar-refractivity contribution in [2.45, 2.75) is 66.2 Å². The minimum absolute atomic E-state index is 0.720. The number of benzene rings is 1. The van der Waals surface area contributed by atoms with E-state index >= 15 is 0 Å². The third-order valence-corrected chi connectivity index (χ3v) is 3.51. The quantitative estimate of drug-likeness (QED) is 0.475. The molecule has 0 amide bonds. The molecule has 0 heterocycles. The summed E-state index contributed by atoms with van der Waals surface area (Å²) in [5.74, 6) is 2.55. The molecule has 0 N–H and O–H groups in total. The van der Waals surface area contributed by atoms with Crippen molar-refractivity contribution in [3.63, 3.8) is 0 Å². The molecule has 0 aromatic heterocycles. The summed E-state index contributed by atoms with van der Waals surface area (Å²) in [6, 6.07) is 4.03. The van der Waals surface area contributed by atoms with Crippen LogP contribution in [-0.4, -0.2) is 19.8 Å². The molecule has 0 spiro atoms. The Morgan fingerprint density at radius 2 is 1.05 bits per heavy atom. The summed E-state index contributed by atoms with van der Waals surface area (Å²) < 4.78 is 17.7. The molecule has 0 aliphatic carbocycles. The molecule has 0 aliphatic heterocycles. The Balaban J connectivity index is 2.80. The molecule has 1 rings (SSSR count). The minimum Gasteiger partial charge on any atom is -0.493 e. The van der Waals surface area contributed by atoms with Crippen molar-refractivity contribution in [2.75, 3.05) is 19.8 Å². The van der Waals surface area contributed by atoms with Gasteiger partial charge in [0.05, 0.1) is 19.8 Å². The zero-order valence-corrected chi connectivity index (χ0v) is 14.7. The summed E-state index contributed by atoms with van der Waals surface area (Å²) in [7, 11) is 0. The van der Waals surface area contributed by atoms with E-state index in [0.717, 1.165) is 81.2 Å². The van der Waals surface area contributed by atoms with Gasteiger partial charge in [-0.1, -0.05) is 40.0 Å². The van der Waals surface area contributed by atoms with Crippen molar-refractivity contribution in [2.24, 2.45) is 0 Å². The van der Waals surface area contributed by atoms with Gasteiger partial charge in [0.2, 0.25) is 0 Å². The molecule has 1 aromatic rings. The number of hydrogen-bond acceptors (Lipinski definition) is 3. The molecule has 0 unspecified atom stereocenters. The molecule has 126 valence electrons. The average Bonchev–Trinajstić information content (AvgIpc) is 2.51. The molecule has 3 nitrogen and oxygen atoms in total. The second-order valence-electron chi connectivity index (χ2n) is 5.67. The van der Waals surface area contributed by atoms with Gasteiger partial charge in [-0.3, -0.25) is 0 Å². The number of ether oxygens (including phenoxy) is 3. The summed E-state index contributed by atoms with van der Waals surface area (Å²) in [5, 5.41) is 0. The van der Waals surface area contributed by atoms with Crippen LogP contribution in [0.15, 0.2) is 12.1 Å². The minimum atomic E-state index is 0.720. The highest BCUT2D eigenvalue weighted by molar-refractivity contribution is 5.50. The Labute approximate surface area is 136 Å². The van der Waals surface area contributed by atoms with Gasteiger partial charge in [0.25, 0.3) is 0 Å². The predicted octanol–water partition coefficient (Wildman–Crippen LogP) is 5.53. The fourth-order valence-electron chi connectivity index (χ4n) is 2.00. The lowest BCUT2D eigenvalue weighted by atomic mass is 10.2. The normalized spacial score (nSPS) is 10.5. The van der Waals surface area contributed by atoms with Crippen molar-refractivity contribution in [3.05, 3.63) is 17.7 Å². The van der Waals surface area contributed by atoms with Gasteiger partial charge in [0.1, 0.15) is 5.75 Å². The first-order valence-electron chi connectivity index (χ1n) is 8.75. The van der Waals surface area contributed by atoms with Crippen LogP contribution in [0.3, 0.4) is 0 Å². The predicted molar refractivity (Wildman–Crippen MR) is 92.4 cm³/mol. The van der Waals surface area contributed by atoms with Crippen molar-refractivity contribution in [1.82, 2.24) is 0 Å². The lowest BCUT2D eigenvalue weighted by Crippen LogP contribution is -2.04. The van der Waals surface area contributed by atoms with E-state index in [1.807, 2.05) is 12.1 Å². The monoisotopic (exact) mass is 308 g/mol. The van der Waals surface area contributed by atoms with Crippen LogP contribution in [0, 0.1) is 6.92 Å². The first-order valence-corrected chi connectivity index (χ1v) is 8.75. The van der Waals surface area contributed by atoms with Crippen LogP contribution in [0.4, 0.5) is 0 Å². The van der Waals surface area contributed by atoms with Gasteiger partial charge in [0, 0.05) is 6.07 Å². The van der Waals surface area contributed by atoms with E-state index in [0.29, 0.717) is 0 Å². The summed E-state index contributed by atoms with van der Waals surface area (Å²) in [4.78, 5) is 0. The van der Waals surface area contributed by atoms with Crippen LogP contribution in [0.25, 0.3) is 0 Å². The van der Waals surface area contributed by atoms with Gasteiger partial charge in [-0.05, 0) is 37.8 Å². The van der Waals surface area contributed by atoms with Crippen LogP contribution in [0.1, 0.15) is 64.9 Å². The zero-order valence-electron chi connectivity index (χ0n) is 14.7. The van der Waals surface area contributed by atoms with Crippen molar-refractivity contribution >= 4 is 0 Å². The molecule has 1 aromatic carbocycles. The SMILES string of the molecule is CCCCOc1cc(OCCCC)c(OCCCC)cc1C. The first-order chi connectivity index (χ1) is 10.7. The van der Waals surface area contributed by atoms with Crippen LogP contribution in [-0.2, 0) is 0 Å². The fraction of sp³-hybridized carbons (Fsp3) is 0.684. The maximum absolute atomic E-state index is 5.91. The van der Waals surface area contributed by atoms with Gasteiger partial charge in [-0.15, -0.1) is 0 Å². The van der Waals surface area contributed by atoms with E-state index < -0.39 is 0 Å². The lowest BCUT2D eigenvalue weighted by Gasteiger charge is -2.16. The van der Waals surface area contributed by atoms with Crippen molar-refractivity contribution in [3.8, 4) is 17.2 Å². The van der Waals surface area contributed by atoms with E-state index in [1.54, 1.807) is 0 Å². The Kier molecular flexibility index (Phi) is 9.52. The summed E-state index contributed by atoms with van der Waals surface area (Å²) >= 11 is 0. The fourth-order valence-corrected chi connectivity index (χ4v) is 2.00. The molecule has 3 heteroatoms. The summed E-state index contributed by atoms with van der Waals surface area (Å²) in [6.45, 7) is 10.8.